The van der Waals surface area contributed by atoms with Gasteiger partial charge in [0.2, 0.25) is 5.78 Å². The van der Waals surface area contributed by atoms with E-state index in [0.717, 1.165) is 36.1 Å². The van der Waals surface area contributed by atoms with Gasteiger partial charge >= 0.3 is 0 Å². The highest BCUT2D eigenvalue weighted by Crippen LogP contribution is 2.50. The van der Waals surface area contributed by atoms with Gasteiger partial charge in [0.05, 0.1) is 5.69 Å². The first kappa shape index (κ1) is 18.4. The maximum atomic E-state index is 14.0. The lowest BCUT2D eigenvalue weighted by atomic mass is 9.68. The number of nitrogens with zero attached hydrogens (tertiary/aromatic N) is 4. The van der Waals surface area contributed by atoms with Gasteiger partial charge < -0.3 is 4.57 Å². The highest BCUT2D eigenvalue weighted by molar-refractivity contribution is 7.99. The van der Waals surface area contributed by atoms with Crippen molar-refractivity contribution in [3.63, 3.8) is 0 Å². The van der Waals surface area contributed by atoms with E-state index in [1.165, 1.54) is 30.2 Å². The highest BCUT2D eigenvalue weighted by atomic mass is 32.2. The number of hydrogen-bond donors (Lipinski definition) is 0. The fraction of sp³-hybridized carbons (Fsp3) is 0.348. The molecule has 0 atom stereocenters. The summed E-state index contributed by atoms with van der Waals surface area (Å²) in [5, 5.41) is 9.41. The van der Waals surface area contributed by atoms with Gasteiger partial charge in [-0.3, -0.25) is 4.79 Å². The second kappa shape index (κ2) is 7.02. The van der Waals surface area contributed by atoms with Crippen molar-refractivity contribution in [1.82, 2.24) is 19.2 Å². The maximum absolute atomic E-state index is 14.0. The van der Waals surface area contributed by atoms with Crippen molar-refractivity contribution in [1.29, 1.82) is 0 Å². The Morgan fingerprint density at radius 1 is 1.14 bits per heavy atom. The molecule has 2 aliphatic carbocycles. The second-order valence-corrected chi connectivity index (χ2v) is 8.95. The molecule has 2 aromatic heterocycles. The van der Waals surface area contributed by atoms with Crippen LogP contribution in [0.1, 0.15) is 36.8 Å². The third kappa shape index (κ3) is 2.65. The van der Waals surface area contributed by atoms with Crippen molar-refractivity contribution in [3.05, 3.63) is 71.1 Å². The molecule has 29 heavy (non-hydrogen) atoms. The molecule has 1 spiro atoms. The number of benzene rings is 1. The van der Waals surface area contributed by atoms with E-state index >= 15 is 0 Å². The normalized spacial score (nSPS) is 16.7. The van der Waals surface area contributed by atoms with Crippen LogP contribution >= 0.6 is 11.8 Å². The summed E-state index contributed by atoms with van der Waals surface area (Å²) in [4.78, 5) is 14.0. The predicted octanol–water partition coefficient (Wildman–Crippen LogP) is 4.39. The molecule has 3 aromatic rings. The lowest BCUT2D eigenvalue weighted by molar-refractivity contribution is 0.422. The summed E-state index contributed by atoms with van der Waals surface area (Å²) in [6.45, 7) is 8.33. The quantitative estimate of drug-likeness (QED) is 0.467. The van der Waals surface area contributed by atoms with Crippen molar-refractivity contribution in [2.24, 2.45) is 0 Å². The van der Waals surface area contributed by atoms with Crippen LogP contribution < -0.4 is 5.56 Å². The Morgan fingerprint density at radius 2 is 1.93 bits per heavy atom. The van der Waals surface area contributed by atoms with Crippen LogP contribution in [0.25, 0.3) is 17.0 Å². The summed E-state index contributed by atoms with van der Waals surface area (Å²) >= 11 is 1.50. The zero-order chi connectivity index (χ0) is 20.0. The van der Waals surface area contributed by atoms with Gasteiger partial charge in [0, 0.05) is 28.8 Å². The van der Waals surface area contributed by atoms with Crippen LogP contribution in [0.2, 0.25) is 0 Å². The second-order valence-electron chi connectivity index (χ2n) is 7.97. The number of allylic oxidation sites excluding steroid dienone is 1. The molecule has 0 aliphatic heterocycles. The maximum Gasteiger partial charge on any atom is 0.265 e. The molecule has 0 N–H and O–H groups in total. The molecule has 5 nitrogen and oxygen atoms in total. The minimum Gasteiger partial charge on any atom is -0.305 e. The molecule has 0 amide bonds. The first-order chi connectivity index (χ1) is 14.2. The topological polar surface area (TPSA) is 52.2 Å². The largest absolute Gasteiger partial charge is 0.305 e. The molecule has 5 rings (SSSR count). The smallest absolute Gasteiger partial charge is 0.265 e. The van der Waals surface area contributed by atoms with Gasteiger partial charge in [0.1, 0.15) is 0 Å². The number of aromatic nitrogens is 4. The molecule has 1 aromatic carbocycles. The van der Waals surface area contributed by atoms with Crippen molar-refractivity contribution in [2.75, 3.05) is 5.75 Å². The molecular formula is C23H24N4OS. The van der Waals surface area contributed by atoms with E-state index in [4.69, 9.17) is 0 Å². The summed E-state index contributed by atoms with van der Waals surface area (Å²) < 4.78 is 3.84. The molecule has 0 radical (unpaired) electrons. The molecule has 1 saturated carbocycles. The Labute approximate surface area is 174 Å². The van der Waals surface area contributed by atoms with Crippen LogP contribution in [-0.4, -0.2) is 24.9 Å². The summed E-state index contributed by atoms with van der Waals surface area (Å²) in [7, 11) is 0. The van der Waals surface area contributed by atoms with E-state index in [1.807, 2.05) is 12.2 Å². The van der Waals surface area contributed by atoms with E-state index in [1.54, 1.807) is 4.40 Å². The fourth-order valence-corrected chi connectivity index (χ4v) is 5.85. The predicted molar refractivity (Wildman–Crippen MR) is 118 cm³/mol. The number of hydrogen-bond acceptors (Lipinski definition) is 4. The zero-order valence-electron chi connectivity index (χ0n) is 16.4. The van der Waals surface area contributed by atoms with Crippen LogP contribution in [0.3, 0.4) is 0 Å². The molecule has 0 bridgehead atoms. The van der Waals surface area contributed by atoms with Gasteiger partial charge in [-0.25, -0.2) is 4.40 Å². The molecule has 2 aliphatic rings. The molecule has 148 valence electrons. The summed E-state index contributed by atoms with van der Waals surface area (Å²) in [5.41, 5.74) is 4.38. The van der Waals surface area contributed by atoms with Crippen LogP contribution in [0.15, 0.2) is 59.5 Å². The Kier molecular flexibility index (Phi) is 4.46. The van der Waals surface area contributed by atoms with E-state index in [0.29, 0.717) is 23.2 Å². The first-order valence-electron chi connectivity index (χ1n) is 10.2. The molecule has 6 heteroatoms. The number of fused-ring (bicyclic) bond motifs is 5. The SMILES string of the molecule is C=CCSc1nnc2n(CC=C)c3c(c(=O)n12)C1(CCCC1)Cc1ccccc1-3. The summed E-state index contributed by atoms with van der Waals surface area (Å²) in [6, 6.07) is 8.50. The monoisotopic (exact) mass is 404 g/mol. The Morgan fingerprint density at radius 3 is 2.69 bits per heavy atom. The molecule has 0 unspecified atom stereocenters. The number of thioether (sulfide) groups is 1. The van der Waals surface area contributed by atoms with E-state index in [2.05, 4.69) is 52.2 Å². The van der Waals surface area contributed by atoms with Crippen LogP contribution in [-0.2, 0) is 18.4 Å². The minimum atomic E-state index is -0.0947. The van der Waals surface area contributed by atoms with Gasteiger partial charge in [-0.1, -0.05) is 61.0 Å². The van der Waals surface area contributed by atoms with Crippen LogP contribution in [0, 0.1) is 0 Å². The van der Waals surface area contributed by atoms with Crippen LogP contribution in [0.4, 0.5) is 0 Å². The Balaban J connectivity index is 1.92. The van der Waals surface area contributed by atoms with Gasteiger partial charge in [-0.15, -0.1) is 23.4 Å². The standard InChI is InChI=1S/C23H24N4OS/c1-3-13-26-19-17-10-6-5-9-16(17)15-23(11-7-8-12-23)18(19)20(28)27-21(26)24-25-22(27)29-14-4-2/h3-6,9-10H,1-2,7-8,11-15H2. The van der Waals surface area contributed by atoms with Gasteiger partial charge in [-0.05, 0) is 24.8 Å². The summed E-state index contributed by atoms with van der Waals surface area (Å²) in [5.74, 6) is 1.28. The van der Waals surface area contributed by atoms with Gasteiger partial charge in [0.15, 0.2) is 5.16 Å². The highest BCUT2D eigenvalue weighted by Gasteiger charge is 2.45. The summed E-state index contributed by atoms with van der Waals surface area (Å²) in [6.07, 6.45) is 9.07. The van der Waals surface area contributed by atoms with Crippen LogP contribution in [0.5, 0.6) is 0 Å². The van der Waals surface area contributed by atoms with E-state index in [9.17, 15) is 4.79 Å². The molecule has 1 fully saturated rings. The lowest BCUT2D eigenvalue weighted by Gasteiger charge is -2.37. The number of rotatable bonds is 5. The van der Waals surface area contributed by atoms with Crippen molar-refractivity contribution in [2.45, 2.75) is 49.2 Å². The van der Waals surface area contributed by atoms with E-state index < -0.39 is 0 Å². The zero-order valence-corrected chi connectivity index (χ0v) is 17.2. The molecular weight excluding hydrogens is 380 g/mol. The first-order valence-corrected chi connectivity index (χ1v) is 11.1. The van der Waals surface area contributed by atoms with Gasteiger partial charge in [0.25, 0.3) is 5.56 Å². The third-order valence-electron chi connectivity index (χ3n) is 6.32. The average molecular weight is 405 g/mol. The Bertz CT molecular complexity index is 1180. The third-order valence-corrected chi connectivity index (χ3v) is 7.24. The van der Waals surface area contributed by atoms with Gasteiger partial charge in [-0.2, -0.15) is 0 Å². The average Bonchev–Trinajstić information content (AvgIpc) is 3.37. The van der Waals surface area contributed by atoms with E-state index in [-0.39, 0.29) is 11.0 Å². The van der Waals surface area contributed by atoms with Crippen molar-refractivity contribution < 1.29 is 0 Å². The lowest BCUT2D eigenvalue weighted by Crippen LogP contribution is -2.40. The fourth-order valence-electron chi connectivity index (χ4n) is 5.19. The van der Waals surface area contributed by atoms with Crippen molar-refractivity contribution in [3.8, 4) is 11.3 Å². The Hall–Kier alpha value is -2.60. The van der Waals surface area contributed by atoms with Crippen molar-refractivity contribution >= 4 is 17.5 Å². The minimum absolute atomic E-state index is 0.0447. The molecule has 0 saturated heterocycles. The molecule has 2 heterocycles.